The SMILES string of the molecule is CCC(=CCn1nc(C)c([N+](=O)[O-])c1C)C(=O)OC. The van der Waals surface area contributed by atoms with Crippen molar-refractivity contribution >= 4 is 11.7 Å². The van der Waals surface area contributed by atoms with Crippen molar-refractivity contribution in [3.63, 3.8) is 0 Å². The van der Waals surface area contributed by atoms with E-state index in [0.29, 0.717) is 29.9 Å². The van der Waals surface area contributed by atoms with E-state index >= 15 is 0 Å². The van der Waals surface area contributed by atoms with Crippen molar-refractivity contribution in [2.45, 2.75) is 33.7 Å². The predicted octanol–water partition coefficient (Wildman–Crippen LogP) is 1.92. The van der Waals surface area contributed by atoms with E-state index < -0.39 is 10.9 Å². The molecule has 1 heterocycles. The first-order valence-corrected chi connectivity index (χ1v) is 5.88. The smallest absolute Gasteiger partial charge is 0.333 e. The maximum atomic E-state index is 11.4. The number of nitrogens with zero attached hydrogens (tertiary/aromatic N) is 3. The molecule has 0 saturated heterocycles. The summed E-state index contributed by atoms with van der Waals surface area (Å²) >= 11 is 0. The number of hydrogen-bond acceptors (Lipinski definition) is 5. The number of methoxy groups -OCH3 is 1. The number of nitro groups is 1. The Kier molecular flexibility index (Phi) is 4.80. The van der Waals surface area contributed by atoms with Crippen molar-refractivity contribution in [1.29, 1.82) is 0 Å². The number of rotatable bonds is 5. The summed E-state index contributed by atoms with van der Waals surface area (Å²) in [5.74, 6) is -0.390. The van der Waals surface area contributed by atoms with Crippen LogP contribution < -0.4 is 0 Å². The van der Waals surface area contributed by atoms with Gasteiger partial charge in [0.25, 0.3) is 0 Å². The zero-order valence-electron chi connectivity index (χ0n) is 11.5. The summed E-state index contributed by atoms with van der Waals surface area (Å²) in [6.07, 6.45) is 2.21. The van der Waals surface area contributed by atoms with Crippen LogP contribution >= 0.6 is 0 Å². The van der Waals surface area contributed by atoms with Crippen molar-refractivity contribution in [2.24, 2.45) is 0 Å². The molecule has 0 unspecified atom stereocenters. The highest BCUT2D eigenvalue weighted by Gasteiger charge is 2.21. The Balaban J connectivity index is 3.01. The van der Waals surface area contributed by atoms with Gasteiger partial charge >= 0.3 is 11.7 Å². The van der Waals surface area contributed by atoms with Crippen molar-refractivity contribution in [3.05, 3.63) is 33.2 Å². The third-order valence-electron chi connectivity index (χ3n) is 2.86. The molecule has 0 radical (unpaired) electrons. The summed E-state index contributed by atoms with van der Waals surface area (Å²) in [7, 11) is 1.32. The second-order valence-corrected chi connectivity index (χ2v) is 4.03. The highest BCUT2D eigenvalue weighted by molar-refractivity contribution is 5.88. The quantitative estimate of drug-likeness (QED) is 0.352. The van der Waals surface area contributed by atoms with Crippen LogP contribution in [0, 0.1) is 24.0 Å². The Morgan fingerprint density at radius 3 is 2.58 bits per heavy atom. The minimum Gasteiger partial charge on any atom is -0.466 e. The molecule has 104 valence electrons. The summed E-state index contributed by atoms with van der Waals surface area (Å²) < 4.78 is 6.15. The lowest BCUT2D eigenvalue weighted by atomic mass is 10.2. The number of ether oxygens (including phenoxy) is 1. The summed E-state index contributed by atoms with van der Waals surface area (Å²) in [4.78, 5) is 21.8. The molecule has 19 heavy (non-hydrogen) atoms. The van der Waals surface area contributed by atoms with Gasteiger partial charge in [0, 0.05) is 5.57 Å². The monoisotopic (exact) mass is 267 g/mol. The molecule has 1 aromatic rings. The summed E-state index contributed by atoms with van der Waals surface area (Å²) in [6.45, 7) is 5.37. The van der Waals surface area contributed by atoms with E-state index in [1.165, 1.54) is 11.8 Å². The third kappa shape index (κ3) is 3.18. The molecule has 0 N–H and O–H groups in total. The average Bonchev–Trinajstić information content (AvgIpc) is 2.64. The van der Waals surface area contributed by atoms with Crippen LogP contribution in [0.25, 0.3) is 0 Å². The van der Waals surface area contributed by atoms with Crippen molar-refractivity contribution < 1.29 is 14.5 Å². The molecule has 0 spiro atoms. The van der Waals surface area contributed by atoms with Gasteiger partial charge < -0.3 is 4.74 Å². The fourth-order valence-electron chi connectivity index (χ4n) is 1.83. The van der Waals surface area contributed by atoms with Gasteiger partial charge in [0.2, 0.25) is 0 Å². The van der Waals surface area contributed by atoms with Crippen LogP contribution in [0.1, 0.15) is 24.7 Å². The van der Waals surface area contributed by atoms with Crippen molar-refractivity contribution in [3.8, 4) is 0 Å². The van der Waals surface area contributed by atoms with E-state index in [-0.39, 0.29) is 5.69 Å². The molecule has 0 atom stereocenters. The topological polar surface area (TPSA) is 87.3 Å². The fraction of sp³-hybridized carbons (Fsp3) is 0.500. The lowest BCUT2D eigenvalue weighted by Crippen LogP contribution is -2.07. The van der Waals surface area contributed by atoms with Gasteiger partial charge in [-0.15, -0.1) is 0 Å². The molecule has 0 aliphatic heterocycles. The maximum Gasteiger partial charge on any atom is 0.333 e. The van der Waals surface area contributed by atoms with Crippen molar-refractivity contribution in [1.82, 2.24) is 9.78 Å². The minimum absolute atomic E-state index is 0.0181. The number of aromatic nitrogens is 2. The molecule has 1 aromatic heterocycles. The van der Waals surface area contributed by atoms with Crippen LogP contribution in [-0.2, 0) is 16.1 Å². The molecule has 0 aromatic carbocycles. The van der Waals surface area contributed by atoms with E-state index in [2.05, 4.69) is 9.84 Å². The fourth-order valence-corrected chi connectivity index (χ4v) is 1.83. The lowest BCUT2D eigenvalue weighted by molar-refractivity contribution is -0.386. The normalized spacial score (nSPS) is 11.5. The van der Waals surface area contributed by atoms with Crippen LogP contribution in [0.2, 0.25) is 0 Å². The Labute approximate surface area is 111 Å². The molecule has 0 bridgehead atoms. The summed E-state index contributed by atoms with van der Waals surface area (Å²) in [5.41, 5.74) is 1.38. The molecule has 0 aliphatic rings. The first-order chi connectivity index (χ1) is 8.92. The second-order valence-electron chi connectivity index (χ2n) is 4.03. The third-order valence-corrected chi connectivity index (χ3v) is 2.86. The first kappa shape index (κ1) is 14.9. The van der Waals surface area contributed by atoms with E-state index in [1.807, 2.05) is 6.92 Å². The average molecular weight is 267 g/mol. The number of carbonyl (C=O) groups is 1. The number of esters is 1. The van der Waals surface area contributed by atoms with Crippen LogP contribution in [0.4, 0.5) is 5.69 Å². The molecule has 0 amide bonds. The highest BCUT2D eigenvalue weighted by atomic mass is 16.6. The van der Waals surface area contributed by atoms with Gasteiger partial charge in [-0.1, -0.05) is 13.0 Å². The van der Waals surface area contributed by atoms with E-state index in [9.17, 15) is 14.9 Å². The van der Waals surface area contributed by atoms with Gasteiger partial charge in [-0.2, -0.15) is 5.10 Å². The van der Waals surface area contributed by atoms with Gasteiger partial charge in [-0.05, 0) is 20.3 Å². The van der Waals surface area contributed by atoms with Gasteiger partial charge in [-0.3, -0.25) is 14.8 Å². The molecule has 7 heteroatoms. The summed E-state index contributed by atoms with van der Waals surface area (Å²) in [5, 5.41) is 15.0. The standard InChI is InChI=1S/C12H17N3O4/c1-5-10(12(16)19-4)6-7-14-9(3)11(15(17)18)8(2)13-14/h6H,5,7H2,1-4H3. The number of allylic oxidation sites excluding steroid dienone is 1. The molecule has 0 aliphatic carbocycles. The summed E-state index contributed by atoms with van der Waals surface area (Å²) in [6, 6.07) is 0. The zero-order chi connectivity index (χ0) is 14.6. The second kappa shape index (κ2) is 6.12. The largest absolute Gasteiger partial charge is 0.466 e. The van der Waals surface area contributed by atoms with E-state index in [0.717, 1.165) is 0 Å². The molecule has 1 rings (SSSR count). The molecular weight excluding hydrogens is 250 g/mol. The molecule has 0 saturated carbocycles. The van der Waals surface area contributed by atoms with Crippen LogP contribution in [0.15, 0.2) is 11.6 Å². The first-order valence-electron chi connectivity index (χ1n) is 5.88. The minimum atomic E-state index is -0.446. The van der Waals surface area contributed by atoms with Gasteiger partial charge in [0.1, 0.15) is 11.4 Å². The van der Waals surface area contributed by atoms with Gasteiger partial charge in [0.15, 0.2) is 0 Å². The molecular formula is C12H17N3O4. The van der Waals surface area contributed by atoms with Crippen LogP contribution in [0.3, 0.4) is 0 Å². The van der Waals surface area contributed by atoms with Crippen LogP contribution in [-0.4, -0.2) is 27.8 Å². The Morgan fingerprint density at radius 2 is 2.16 bits per heavy atom. The Morgan fingerprint density at radius 1 is 1.53 bits per heavy atom. The van der Waals surface area contributed by atoms with E-state index in [4.69, 9.17) is 0 Å². The maximum absolute atomic E-state index is 11.4. The molecule has 0 fully saturated rings. The van der Waals surface area contributed by atoms with Crippen molar-refractivity contribution in [2.75, 3.05) is 7.11 Å². The number of carbonyl (C=O) groups excluding carboxylic acids is 1. The Bertz CT molecular complexity index is 531. The number of aryl methyl sites for hydroxylation is 1. The lowest BCUT2D eigenvalue weighted by Gasteiger charge is -2.03. The number of hydrogen-bond donors (Lipinski definition) is 0. The molecule has 7 nitrogen and oxygen atoms in total. The van der Waals surface area contributed by atoms with Gasteiger partial charge in [-0.25, -0.2) is 4.79 Å². The zero-order valence-corrected chi connectivity index (χ0v) is 11.5. The highest BCUT2D eigenvalue weighted by Crippen LogP contribution is 2.21. The predicted molar refractivity (Wildman–Crippen MR) is 68.7 cm³/mol. The Hall–Kier alpha value is -2.18. The van der Waals surface area contributed by atoms with E-state index in [1.54, 1.807) is 19.9 Å². The van der Waals surface area contributed by atoms with Gasteiger partial charge in [0.05, 0.1) is 18.6 Å². The van der Waals surface area contributed by atoms with Crippen LogP contribution in [0.5, 0.6) is 0 Å².